The van der Waals surface area contributed by atoms with Crippen LogP contribution in [0.4, 0.5) is 26.6 Å². The maximum absolute atomic E-state index is 13.2. The average molecular weight is 405 g/mol. The minimum atomic E-state index is -0.508. The van der Waals surface area contributed by atoms with Gasteiger partial charge in [-0.2, -0.15) is 4.98 Å². The monoisotopic (exact) mass is 404 g/mol. The van der Waals surface area contributed by atoms with Crippen LogP contribution in [0.1, 0.15) is 12.8 Å². The second-order valence-electron chi connectivity index (χ2n) is 6.94. The van der Waals surface area contributed by atoms with Gasteiger partial charge in [0, 0.05) is 51.2 Å². The number of benzene rings is 1. The standard InChI is InChI=1S/C19H22ClFN6O/c20-15-13-14(3-4-16(15)21)23-19(28)27-11-9-25(10-12-27)17-5-6-22-18(24-17)26-7-1-2-8-26/h3-6,13H,1-2,7-12H2,(H,23,28). The third-order valence-corrected chi connectivity index (χ3v) is 5.37. The van der Waals surface area contributed by atoms with Crippen LogP contribution < -0.4 is 15.1 Å². The van der Waals surface area contributed by atoms with Crippen LogP contribution in [-0.4, -0.2) is 60.2 Å². The zero-order valence-electron chi connectivity index (χ0n) is 15.4. The van der Waals surface area contributed by atoms with Crippen molar-refractivity contribution in [2.75, 3.05) is 54.4 Å². The van der Waals surface area contributed by atoms with Crippen LogP contribution in [0.15, 0.2) is 30.5 Å². The summed E-state index contributed by atoms with van der Waals surface area (Å²) in [6, 6.07) is 5.84. The molecule has 148 valence electrons. The van der Waals surface area contributed by atoms with E-state index in [-0.39, 0.29) is 11.1 Å². The molecule has 1 N–H and O–H groups in total. The number of hydrogen-bond donors (Lipinski definition) is 1. The normalized spacial score (nSPS) is 17.1. The van der Waals surface area contributed by atoms with E-state index in [0.29, 0.717) is 31.9 Å². The number of nitrogens with one attached hydrogen (secondary N) is 1. The summed E-state index contributed by atoms with van der Waals surface area (Å²) in [5.41, 5.74) is 0.477. The molecule has 4 rings (SSSR count). The number of rotatable bonds is 3. The lowest BCUT2D eigenvalue weighted by Crippen LogP contribution is -2.50. The molecule has 0 unspecified atom stereocenters. The predicted octanol–water partition coefficient (Wildman–Crippen LogP) is 3.22. The highest BCUT2D eigenvalue weighted by Crippen LogP contribution is 2.21. The minimum absolute atomic E-state index is 0.0137. The molecule has 2 fully saturated rings. The molecule has 0 atom stereocenters. The predicted molar refractivity (Wildman–Crippen MR) is 108 cm³/mol. The van der Waals surface area contributed by atoms with Crippen LogP contribution in [0.2, 0.25) is 5.02 Å². The lowest BCUT2D eigenvalue weighted by atomic mass is 10.3. The van der Waals surface area contributed by atoms with Crippen LogP contribution in [0, 0.1) is 5.82 Å². The summed E-state index contributed by atoms with van der Waals surface area (Å²) in [7, 11) is 0. The fraction of sp³-hybridized carbons (Fsp3) is 0.421. The Balaban J connectivity index is 1.34. The molecule has 1 aromatic carbocycles. The Kier molecular flexibility index (Phi) is 5.47. The van der Waals surface area contributed by atoms with E-state index in [0.717, 1.165) is 24.9 Å². The molecule has 1 aromatic heterocycles. The number of anilines is 3. The quantitative estimate of drug-likeness (QED) is 0.850. The number of hydrogen-bond acceptors (Lipinski definition) is 5. The Morgan fingerprint density at radius 1 is 1.04 bits per heavy atom. The van der Waals surface area contributed by atoms with Crippen molar-refractivity contribution in [1.29, 1.82) is 0 Å². The topological polar surface area (TPSA) is 64.6 Å². The summed E-state index contributed by atoms with van der Waals surface area (Å²) < 4.78 is 13.2. The van der Waals surface area contributed by atoms with Gasteiger partial charge in [-0.3, -0.25) is 0 Å². The number of amides is 2. The van der Waals surface area contributed by atoms with E-state index < -0.39 is 5.82 Å². The molecule has 0 aliphatic carbocycles. The van der Waals surface area contributed by atoms with E-state index in [4.69, 9.17) is 16.6 Å². The number of aromatic nitrogens is 2. The van der Waals surface area contributed by atoms with Gasteiger partial charge in [0.2, 0.25) is 5.95 Å². The van der Waals surface area contributed by atoms with Crippen molar-refractivity contribution in [3.63, 3.8) is 0 Å². The van der Waals surface area contributed by atoms with E-state index in [1.54, 1.807) is 11.1 Å². The number of carbonyl (C=O) groups is 1. The first kappa shape index (κ1) is 18.7. The zero-order chi connectivity index (χ0) is 19.5. The van der Waals surface area contributed by atoms with E-state index in [9.17, 15) is 9.18 Å². The van der Waals surface area contributed by atoms with Crippen molar-refractivity contribution < 1.29 is 9.18 Å². The van der Waals surface area contributed by atoms with E-state index in [1.807, 2.05) is 6.07 Å². The maximum Gasteiger partial charge on any atom is 0.321 e. The fourth-order valence-electron chi connectivity index (χ4n) is 3.50. The Morgan fingerprint density at radius 2 is 1.79 bits per heavy atom. The van der Waals surface area contributed by atoms with Crippen LogP contribution >= 0.6 is 11.6 Å². The minimum Gasteiger partial charge on any atom is -0.353 e. The summed E-state index contributed by atoms with van der Waals surface area (Å²) in [6.07, 6.45) is 4.16. The molecule has 2 saturated heterocycles. The van der Waals surface area contributed by atoms with Crippen LogP contribution in [0.25, 0.3) is 0 Å². The Morgan fingerprint density at radius 3 is 2.50 bits per heavy atom. The zero-order valence-corrected chi connectivity index (χ0v) is 16.2. The first-order chi connectivity index (χ1) is 13.6. The first-order valence-electron chi connectivity index (χ1n) is 9.44. The molecule has 2 aliphatic rings. The largest absolute Gasteiger partial charge is 0.353 e. The molecule has 7 nitrogen and oxygen atoms in total. The van der Waals surface area contributed by atoms with E-state index in [1.165, 1.54) is 31.0 Å². The molecule has 0 bridgehead atoms. The molecule has 2 amide bonds. The lowest BCUT2D eigenvalue weighted by molar-refractivity contribution is 0.208. The van der Waals surface area contributed by atoms with Gasteiger partial charge < -0.3 is 20.0 Å². The lowest BCUT2D eigenvalue weighted by Gasteiger charge is -2.35. The Hall–Kier alpha value is -2.61. The van der Waals surface area contributed by atoms with Gasteiger partial charge in [-0.15, -0.1) is 0 Å². The number of halogens is 2. The average Bonchev–Trinajstić information content (AvgIpc) is 3.26. The van der Waals surface area contributed by atoms with E-state index >= 15 is 0 Å². The highest BCUT2D eigenvalue weighted by atomic mass is 35.5. The summed E-state index contributed by atoms with van der Waals surface area (Å²) in [5.74, 6) is 1.16. The van der Waals surface area contributed by atoms with Crippen molar-refractivity contribution in [3.05, 3.63) is 41.3 Å². The van der Waals surface area contributed by atoms with Gasteiger partial charge in [-0.1, -0.05) is 11.6 Å². The molecule has 0 radical (unpaired) electrons. The van der Waals surface area contributed by atoms with Crippen molar-refractivity contribution in [2.24, 2.45) is 0 Å². The van der Waals surface area contributed by atoms with Crippen LogP contribution in [0.3, 0.4) is 0 Å². The van der Waals surface area contributed by atoms with Gasteiger partial charge in [0.05, 0.1) is 5.02 Å². The Bertz CT molecular complexity index is 852. The van der Waals surface area contributed by atoms with Gasteiger partial charge in [-0.25, -0.2) is 14.2 Å². The summed E-state index contributed by atoms with van der Waals surface area (Å²) in [4.78, 5) is 27.7. The number of urea groups is 1. The summed E-state index contributed by atoms with van der Waals surface area (Å²) in [5, 5.41) is 2.75. The fourth-order valence-corrected chi connectivity index (χ4v) is 3.68. The molecule has 0 saturated carbocycles. The van der Waals surface area contributed by atoms with Gasteiger partial charge in [0.25, 0.3) is 0 Å². The van der Waals surface area contributed by atoms with Crippen LogP contribution in [0.5, 0.6) is 0 Å². The molecular weight excluding hydrogens is 383 g/mol. The third-order valence-electron chi connectivity index (χ3n) is 5.08. The molecule has 0 spiro atoms. The van der Waals surface area contributed by atoms with Gasteiger partial charge in [-0.05, 0) is 37.1 Å². The van der Waals surface area contributed by atoms with Crippen molar-refractivity contribution in [1.82, 2.24) is 14.9 Å². The molecule has 28 heavy (non-hydrogen) atoms. The molecule has 3 heterocycles. The molecule has 9 heteroatoms. The second kappa shape index (κ2) is 8.18. The van der Waals surface area contributed by atoms with Crippen LogP contribution in [-0.2, 0) is 0 Å². The van der Waals surface area contributed by atoms with Crippen molar-refractivity contribution >= 4 is 35.1 Å². The summed E-state index contributed by atoms with van der Waals surface area (Å²) in [6.45, 7) is 4.53. The molecule has 2 aliphatic heterocycles. The number of piperazine rings is 1. The summed E-state index contributed by atoms with van der Waals surface area (Å²) >= 11 is 5.77. The van der Waals surface area contributed by atoms with E-state index in [2.05, 4.69) is 20.1 Å². The Labute approximate surface area is 168 Å². The first-order valence-corrected chi connectivity index (χ1v) is 9.82. The highest BCUT2D eigenvalue weighted by molar-refractivity contribution is 6.31. The van der Waals surface area contributed by atoms with Crippen molar-refractivity contribution in [3.8, 4) is 0 Å². The van der Waals surface area contributed by atoms with Gasteiger partial charge >= 0.3 is 6.03 Å². The second-order valence-corrected chi connectivity index (χ2v) is 7.35. The highest BCUT2D eigenvalue weighted by Gasteiger charge is 2.23. The van der Waals surface area contributed by atoms with Crippen molar-refractivity contribution in [2.45, 2.75) is 12.8 Å². The smallest absolute Gasteiger partial charge is 0.321 e. The third kappa shape index (κ3) is 4.11. The molecule has 2 aromatic rings. The molecular formula is C19H22ClFN6O. The number of nitrogens with zero attached hydrogens (tertiary/aromatic N) is 5. The van der Waals surface area contributed by atoms with Gasteiger partial charge in [0.1, 0.15) is 11.6 Å². The number of carbonyl (C=O) groups excluding carboxylic acids is 1. The SMILES string of the molecule is O=C(Nc1ccc(F)c(Cl)c1)N1CCN(c2ccnc(N3CCCC3)n2)CC1. The van der Waals surface area contributed by atoms with Gasteiger partial charge in [0.15, 0.2) is 0 Å². The maximum atomic E-state index is 13.2.